The average molecular weight is 581 g/mol. The van der Waals surface area contributed by atoms with Gasteiger partial charge in [0.2, 0.25) is 0 Å². The lowest BCUT2D eigenvalue weighted by atomic mass is 9.87. The van der Waals surface area contributed by atoms with Crippen molar-refractivity contribution < 1.29 is 0 Å². The van der Waals surface area contributed by atoms with Gasteiger partial charge >= 0.3 is 0 Å². The molecule has 0 amide bonds. The molecule has 1 unspecified atom stereocenters. The average Bonchev–Trinajstić information content (AvgIpc) is 3.08. The summed E-state index contributed by atoms with van der Waals surface area (Å²) in [6.07, 6.45) is 7.83. The second kappa shape index (κ2) is 11.0. The van der Waals surface area contributed by atoms with E-state index in [1.54, 1.807) is 0 Å². The normalized spacial score (nSPS) is 14.7. The molecule has 7 aromatic rings. The maximum Gasteiger partial charge on any atom is 0.0543 e. The van der Waals surface area contributed by atoms with Crippen molar-refractivity contribution in [2.24, 2.45) is 5.92 Å². The summed E-state index contributed by atoms with van der Waals surface area (Å²) in [7, 11) is 0. The van der Waals surface area contributed by atoms with Crippen molar-refractivity contribution in [3.63, 3.8) is 0 Å². The van der Waals surface area contributed by atoms with Gasteiger partial charge in [-0.2, -0.15) is 0 Å². The molecule has 0 radical (unpaired) electrons. The van der Waals surface area contributed by atoms with Crippen LogP contribution in [0.5, 0.6) is 0 Å². The summed E-state index contributed by atoms with van der Waals surface area (Å²) in [6.45, 7) is 6.87. The third-order valence-corrected chi connectivity index (χ3v) is 9.45. The minimum absolute atomic E-state index is 0.410. The van der Waals surface area contributed by atoms with Gasteiger partial charge in [-0.05, 0) is 108 Å². The lowest BCUT2D eigenvalue weighted by Crippen LogP contribution is -2.22. The molecule has 1 aliphatic rings. The Balaban J connectivity index is 1.46. The molecule has 1 atom stereocenters. The highest BCUT2D eigenvalue weighted by Gasteiger charge is 2.26. The van der Waals surface area contributed by atoms with E-state index in [-0.39, 0.29) is 0 Å². The molecule has 0 fully saturated rings. The molecule has 0 saturated heterocycles. The van der Waals surface area contributed by atoms with Gasteiger partial charge in [0.1, 0.15) is 0 Å². The second-order valence-electron chi connectivity index (χ2n) is 12.3. The summed E-state index contributed by atoms with van der Waals surface area (Å²) in [5, 5.41) is 7.84. The van der Waals surface area contributed by atoms with Gasteiger partial charge in [0.25, 0.3) is 0 Å². The van der Waals surface area contributed by atoms with Crippen molar-refractivity contribution in [1.82, 2.24) is 0 Å². The van der Waals surface area contributed by atoms with Crippen LogP contribution in [0.25, 0.3) is 32.3 Å². The molecule has 0 aliphatic heterocycles. The van der Waals surface area contributed by atoms with E-state index in [9.17, 15) is 0 Å². The van der Waals surface area contributed by atoms with Gasteiger partial charge in [0.05, 0.1) is 11.4 Å². The fourth-order valence-corrected chi connectivity index (χ4v) is 7.29. The van der Waals surface area contributed by atoms with E-state index in [1.165, 1.54) is 66.2 Å². The van der Waals surface area contributed by atoms with Crippen LogP contribution in [0.4, 0.5) is 28.4 Å². The summed E-state index contributed by atoms with van der Waals surface area (Å²) in [6, 6.07) is 46.5. The highest BCUT2D eigenvalue weighted by atomic mass is 15.2. The smallest absolute Gasteiger partial charge is 0.0543 e. The van der Waals surface area contributed by atoms with Gasteiger partial charge in [-0.25, -0.2) is 0 Å². The molecule has 0 N–H and O–H groups in total. The number of hydrogen-bond donors (Lipinski definition) is 0. The molecule has 0 heterocycles. The first-order valence-corrected chi connectivity index (χ1v) is 15.9. The van der Waals surface area contributed by atoms with Gasteiger partial charge in [-0.15, -0.1) is 0 Å². The minimum Gasteiger partial charge on any atom is -0.313 e. The summed E-state index contributed by atoms with van der Waals surface area (Å²) < 4.78 is 0. The van der Waals surface area contributed by atoms with Crippen LogP contribution in [-0.4, -0.2) is 0 Å². The van der Waals surface area contributed by atoms with Crippen LogP contribution in [-0.2, 0) is 0 Å². The van der Waals surface area contributed by atoms with E-state index in [1.807, 2.05) is 0 Å². The van der Waals surface area contributed by atoms with Gasteiger partial charge in [0.15, 0.2) is 0 Å². The first-order chi connectivity index (χ1) is 22.1. The SMILES string of the molecule is Cc1cc(N(C2=CC=CCC2C)c2ccccc2)c2ccc3c(C)cc(N(c4ccccc4)c4ccccc4)c4ccc1c2c34. The lowest BCUT2D eigenvalue weighted by Gasteiger charge is -2.34. The second-order valence-corrected chi connectivity index (χ2v) is 12.3. The molecule has 0 spiro atoms. The van der Waals surface area contributed by atoms with E-state index in [2.05, 4.69) is 176 Å². The van der Waals surface area contributed by atoms with E-state index < -0.39 is 0 Å². The maximum atomic E-state index is 2.50. The van der Waals surface area contributed by atoms with Gasteiger partial charge in [0, 0.05) is 39.4 Å². The Morgan fingerprint density at radius 2 is 0.933 bits per heavy atom. The lowest BCUT2D eigenvalue weighted by molar-refractivity contribution is 0.670. The Kier molecular flexibility index (Phi) is 6.64. The molecule has 0 saturated carbocycles. The molecule has 2 heteroatoms. The first-order valence-electron chi connectivity index (χ1n) is 15.9. The van der Waals surface area contributed by atoms with Crippen LogP contribution in [0.1, 0.15) is 24.5 Å². The Morgan fingerprint density at radius 3 is 1.40 bits per heavy atom. The Hall–Kier alpha value is -5.34. The predicted molar refractivity (Wildman–Crippen MR) is 194 cm³/mol. The van der Waals surface area contributed by atoms with Crippen molar-refractivity contribution >= 4 is 60.8 Å². The summed E-state index contributed by atoms with van der Waals surface area (Å²) in [5.74, 6) is 0.410. The zero-order chi connectivity index (χ0) is 30.5. The third kappa shape index (κ3) is 4.48. The topological polar surface area (TPSA) is 6.48 Å². The maximum absolute atomic E-state index is 2.50. The molecule has 45 heavy (non-hydrogen) atoms. The first kappa shape index (κ1) is 27.2. The number of aryl methyl sites for hydroxylation is 2. The van der Waals surface area contributed by atoms with Crippen LogP contribution < -0.4 is 9.80 Å². The standard InChI is InChI=1S/C43H36N2/c1-29-15-13-14-22-39(29)45(34-20-11-6-12-21-34)41-28-31(3)36-23-25-37-40(27-30(2)35-24-26-38(41)43(36)42(35)37)44(32-16-7-4-8-17-32)33-18-9-5-10-19-33/h4-14,16-29H,15H2,1-3H3. The van der Waals surface area contributed by atoms with Crippen LogP contribution in [0.2, 0.25) is 0 Å². The third-order valence-electron chi connectivity index (χ3n) is 9.45. The molecule has 2 nitrogen and oxygen atoms in total. The minimum atomic E-state index is 0.410. The highest BCUT2D eigenvalue weighted by molar-refractivity contribution is 6.29. The monoisotopic (exact) mass is 580 g/mol. The van der Waals surface area contributed by atoms with Crippen molar-refractivity contribution in [2.75, 3.05) is 9.80 Å². The van der Waals surface area contributed by atoms with Gasteiger partial charge in [-0.3, -0.25) is 0 Å². The van der Waals surface area contributed by atoms with Gasteiger partial charge < -0.3 is 9.80 Å². The van der Waals surface area contributed by atoms with Crippen LogP contribution in [0.15, 0.2) is 151 Å². The molecular weight excluding hydrogens is 544 g/mol. The van der Waals surface area contributed by atoms with Crippen molar-refractivity contribution in [2.45, 2.75) is 27.2 Å². The van der Waals surface area contributed by atoms with E-state index >= 15 is 0 Å². The number of nitrogens with zero attached hydrogens (tertiary/aromatic N) is 2. The number of hydrogen-bond acceptors (Lipinski definition) is 2. The number of rotatable bonds is 6. The fraction of sp³-hybridized carbons (Fsp3) is 0.116. The zero-order valence-corrected chi connectivity index (χ0v) is 26.0. The molecule has 0 aromatic heterocycles. The molecule has 7 aromatic carbocycles. The highest BCUT2D eigenvalue weighted by Crippen LogP contribution is 2.49. The quantitative estimate of drug-likeness (QED) is 0.181. The molecule has 1 aliphatic carbocycles. The molecule has 8 rings (SSSR count). The van der Waals surface area contributed by atoms with Crippen LogP contribution >= 0.6 is 0 Å². The number of anilines is 5. The number of para-hydroxylation sites is 3. The molecular formula is C43H36N2. The summed E-state index contributed by atoms with van der Waals surface area (Å²) in [5.41, 5.74) is 9.82. The number of allylic oxidation sites excluding steroid dienone is 4. The number of benzene rings is 7. The van der Waals surface area contributed by atoms with Crippen molar-refractivity contribution in [1.29, 1.82) is 0 Å². The fourth-order valence-electron chi connectivity index (χ4n) is 7.29. The molecule has 0 bridgehead atoms. The van der Waals surface area contributed by atoms with E-state index in [0.717, 1.165) is 17.8 Å². The van der Waals surface area contributed by atoms with Crippen molar-refractivity contribution in [3.8, 4) is 0 Å². The van der Waals surface area contributed by atoms with E-state index in [0.29, 0.717) is 5.92 Å². The Labute approximate surface area is 265 Å². The Morgan fingerprint density at radius 1 is 0.511 bits per heavy atom. The van der Waals surface area contributed by atoms with Crippen LogP contribution in [0, 0.1) is 19.8 Å². The summed E-state index contributed by atoms with van der Waals surface area (Å²) in [4.78, 5) is 4.91. The Bertz CT molecular complexity index is 2170. The largest absolute Gasteiger partial charge is 0.313 e. The van der Waals surface area contributed by atoms with Crippen molar-refractivity contribution in [3.05, 3.63) is 162 Å². The summed E-state index contributed by atoms with van der Waals surface area (Å²) >= 11 is 0. The van der Waals surface area contributed by atoms with E-state index in [4.69, 9.17) is 0 Å². The molecule has 218 valence electrons. The van der Waals surface area contributed by atoms with Crippen LogP contribution in [0.3, 0.4) is 0 Å². The zero-order valence-electron chi connectivity index (χ0n) is 26.0. The predicted octanol–water partition coefficient (Wildman–Crippen LogP) is 12.3. The van der Waals surface area contributed by atoms with Gasteiger partial charge in [-0.1, -0.05) is 97.9 Å².